The van der Waals surface area contributed by atoms with Gasteiger partial charge in [0, 0.05) is 6.42 Å². The van der Waals surface area contributed by atoms with Crippen LogP contribution in [-0.4, -0.2) is 47.7 Å². The molecule has 0 unspecified atom stereocenters. The molecule has 0 aromatic carbocycles. The van der Waals surface area contributed by atoms with Crippen LogP contribution in [0, 0.1) is 5.41 Å². The maximum atomic E-state index is 11.8. The van der Waals surface area contributed by atoms with Crippen LogP contribution in [0.1, 0.15) is 161 Å². The second-order valence-corrected chi connectivity index (χ2v) is 11.2. The fourth-order valence-corrected chi connectivity index (χ4v) is 4.65. The highest BCUT2D eigenvalue weighted by atomic mass is 16.5. The molecule has 5 heteroatoms. The summed E-state index contributed by atoms with van der Waals surface area (Å²) in [5, 5.41) is 27.7. The summed E-state index contributed by atoms with van der Waals surface area (Å²) in [5.41, 5.74) is -1.14. The molecule has 0 radical (unpaired) electrons. The summed E-state index contributed by atoms with van der Waals surface area (Å²) in [6.07, 6.45) is 31.3. The Balaban J connectivity index is 3.24. The predicted molar refractivity (Wildman–Crippen MR) is 151 cm³/mol. The molecule has 0 atom stereocenters. The molecule has 0 aliphatic heterocycles. The molecular formula is C31H62O5. The van der Waals surface area contributed by atoms with Gasteiger partial charge in [-0.3, -0.25) is 4.79 Å². The Kier molecular flexibility index (Phi) is 26.9. The van der Waals surface area contributed by atoms with Crippen LogP contribution in [0.2, 0.25) is 0 Å². The van der Waals surface area contributed by atoms with Crippen LogP contribution in [0.3, 0.4) is 0 Å². The maximum Gasteiger partial charge on any atom is 0.305 e. The average molecular weight is 515 g/mol. The van der Waals surface area contributed by atoms with E-state index in [2.05, 4.69) is 6.92 Å². The van der Waals surface area contributed by atoms with Crippen LogP contribution < -0.4 is 0 Å². The zero-order valence-corrected chi connectivity index (χ0v) is 24.0. The first-order valence-electron chi connectivity index (χ1n) is 15.6. The van der Waals surface area contributed by atoms with Crippen LogP contribution in [-0.2, 0) is 9.53 Å². The van der Waals surface area contributed by atoms with Crippen molar-refractivity contribution in [2.45, 2.75) is 161 Å². The lowest BCUT2D eigenvalue weighted by Gasteiger charge is -2.26. The summed E-state index contributed by atoms with van der Waals surface area (Å²) < 4.78 is 5.11. The number of carbonyl (C=O) groups is 1. The molecule has 5 nitrogen and oxygen atoms in total. The van der Waals surface area contributed by atoms with E-state index in [9.17, 15) is 20.1 Å². The van der Waals surface area contributed by atoms with E-state index in [1.165, 1.54) is 128 Å². The lowest BCUT2D eigenvalue weighted by molar-refractivity contribution is -0.151. The van der Waals surface area contributed by atoms with E-state index in [-0.39, 0.29) is 12.6 Å². The van der Waals surface area contributed by atoms with Crippen molar-refractivity contribution in [2.24, 2.45) is 5.41 Å². The van der Waals surface area contributed by atoms with E-state index in [4.69, 9.17) is 4.74 Å². The third-order valence-electron chi connectivity index (χ3n) is 7.53. The molecule has 0 saturated heterocycles. The lowest BCUT2D eigenvalue weighted by Crippen LogP contribution is -2.39. The standard InChI is InChI=1S/C31H62O5/c1-2-3-4-5-6-7-8-9-10-11-12-13-14-15-16-17-18-19-20-21-22-23-24-25-30(35)36-29-31(26-32,27-33)28-34/h32-34H,2-29H2,1H3. The molecule has 0 aliphatic carbocycles. The Morgan fingerprint density at radius 3 is 1.06 bits per heavy atom. The van der Waals surface area contributed by atoms with Gasteiger partial charge in [-0.1, -0.05) is 148 Å². The number of unbranched alkanes of at least 4 members (excludes halogenated alkanes) is 22. The quantitative estimate of drug-likeness (QED) is 0.0698. The molecule has 0 aromatic rings. The zero-order valence-electron chi connectivity index (χ0n) is 24.0. The molecule has 0 amide bonds. The Labute approximate surface area is 223 Å². The van der Waals surface area contributed by atoms with Crippen molar-refractivity contribution in [3.8, 4) is 0 Å². The van der Waals surface area contributed by atoms with Gasteiger partial charge in [0.05, 0.1) is 25.2 Å². The van der Waals surface area contributed by atoms with Crippen molar-refractivity contribution < 1.29 is 24.9 Å². The molecule has 0 aromatic heterocycles. The van der Waals surface area contributed by atoms with Gasteiger partial charge in [-0.15, -0.1) is 0 Å². The molecule has 0 rings (SSSR count). The molecule has 0 aliphatic rings. The third-order valence-corrected chi connectivity index (χ3v) is 7.53. The molecule has 0 bridgehead atoms. The summed E-state index contributed by atoms with van der Waals surface area (Å²) in [4.78, 5) is 11.8. The highest BCUT2D eigenvalue weighted by Crippen LogP contribution is 2.17. The van der Waals surface area contributed by atoms with Gasteiger partial charge >= 0.3 is 5.97 Å². The molecule has 0 heterocycles. The monoisotopic (exact) mass is 514 g/mol. The van der Waals surface area contributed by atoms with Crippen molar-refractivity contribution in [3.05, 3.63) is 0 Å². The summed E-state index contributed by atoms with van der Waals surface area (Å²) in [5.74, 6) is -0.321. The highest BCUT2D eigenvalue weighted by molar-refractivity contribution is 5.69. The fourth-order valence-electron chi connectivity index (χ4n) is 4.65. The van der Waals surface area contributed by atoms with Crippen molar-refractivity contribution in [1.82, 2.24) is 0 Å². The SMILES string of the molecule is CCCCCCCCCCCCCCCCCCCCCCCCCC(=O)OCC(CO)(CO)CO. The number of rotatable bonds is 29. The van der Waals surface area contributed by atoms with E-state index in [0.717, 1.165) is 19.3 Å². The molecule has 0 saturated carbocycles. The van der Waals surface area contributed by atoms with Crippen molar-refractivity contribution in [2.75, 3.05) is 26.4 Å². The molecule has 36 heavy (non-hydrogen) atoms. The zero-order chi connectivity index (χ0) is 26.6. The molecular weight excluding hydrogens is 452 g/mol. The number of ether oxygens (including phenoxy) is 1. The first-order chi connectivity index (χ1) is 17.6. The van der Waals surface area contributed by atoms with Crippen LogP contribution in [0.15, 0.2) is 0 Å². The van der Waals surface area contributed by atoms with Crippen molar-refractivity contribution >= 4 is 5.97 Å². The fraction of sp³-hybridized carbons (Fsp3) is 0.968. The van der Waals surface area contributed by atoms with Crippen molar-refractivity contribution in [3.63, 3.8) is 0 Å². The van der Waals surface area contributed by atoms with Gasteiger partial charge in [0.2, 0.25) is 0 Å². The van der Waals surface area contributed by atoms with Crippen LogP contribution in [0.5, 0.6) is 0 Å². The minimum atomic E-state index is -1.14. The molecule has 216 valence electrons. The van der Waals surface area contributed by atoms with Gasteiger partial charge in [-0.05, 0) is 6.42 Å². The van der Waals surface area contributed by atoms with Gasteiger partial charge in [0.15, 0.2) is 0 Å². The summed E-state index contributed by atoms with van der Waals surface area (Å²) in [6.45, 7) is 0.911. The van der Waals surface area contributed by atoms with Gasteiger partial charge in [-0.25, -0.2) is 0 Å². The predicted octanol–water partition coefficient (Wildman–Crippen LogP) is 7.88. The smallest absolute Gasteiger partial charge is 0.305 e. The van der Waals surface area contributed by atoms with E-state index in [0.29, 0.717) is 6.42 Å². The molecule has 3 N–H and O–H groups in total. The van der Waals surface area contributed by atoms with Crippen LogP contribution in [0.4, 0.5) is 0 Å². The second kappa shape index (κ2) is 27.4. The number of aliphatic hydroxyl groups excluding tert-OH is 3. The Hall–Kier alpha value is -0.650. The van der Waals surface area contributed by atoms with E-state index in [1.54, 1.807) is 0 Å². The number of carbonyl (C=O) groups excluding carboxylic acids is 1. The van der Waals surface area contributed by atoms with E-state index >= 15 is 0 Å². The van der Waals surface area contributed by atoms with Crippen molar-refractivity contribution in [1.29, 1.82) is 0 Å². The minimum Gasteiger partial charge on any atom is -0.465 e. The summed E-state index contributed by atoms with van der Waals surface area (Å²) in [6, 6.07) is 0. The molecule has 0 fully saturated rings. The van der Waals surface area contributed by atoms with E-state index in [1.807, 2.05) is 0 Å². The summed E-state index contributed by atoms with van der Waals surface area (Å²) >= 11 is 0. The average Bonchev–Trinajstić information content (AvgIpc) is 2.90. The van der Waals surface area contributed by atoms with Crippen LogP contribution in [0.25, 0.3) is 0 Å². The maximum absolute atomic E-state index is 11.8. The first kappa shape index (κ1) is 35.4. The minimum absolute atomic E-state index is 0.144. The second-order valence-electron chi connectivity index (χ2n) is 11.2. The first-order valence-corrected chi connectivity index (χ1v) is 15.6. The van der Waals surface area contributed by atoms with Gasteiger partial charge in [-0.2, -0.15) is 0 Å². The Bertz CT molecular complexity index is 442. The number of hydrogen-bond donors (Lipinski definition) is 3. The number of esters is 1. The Morgan fingerprint density at radius 2 is 0.778 bits per heavy atom. The largest absolute Gasteiger partial charge is 0.465 e. The highest BCUT2D eigenvalue weighted by Gasteiger charge is 2.30. The van der Waals surface area contributed by atoms with Gasteiger partial charge in [0.1, 0.15) is 6.61 Å². The van der Waals surface area contributed by atoms with E-state index < -0.39 is 25.2 Å². The Morgan fingerprint density at radius 1 is 0.500 bits per heavy atom. The van der Waals surface area contributed by atoms with Gasteiger partial charge < -0.3 is 20.1 Å². The number of hydrogen-bond acceptors (Lipinski definition) is 5. The number of aliphatic hydroxyl groups is 3. The topological polar surface area (TPSA) is 87.0 Å². The third kappa shape index (κ3) is 22.5. The van der Waals surface area contributed by atoms with Crippen LogP contribution >= 0.6 is 0 Å². The summed E-state index contributed by atoms with van der Waals surface area (Å²) in [7, 11) is 0. The molecule has 0 spiro atoms. The van der Waals surface area contributed by atoms with Gasteiger partial charge in [0.25, 0.3) is 0 Å². The lowest BCUT2D eigenvalue weighted by atomic mass is 9.93. The normalized spacial score (nSPS) is 11.8.